The van der Waals surface area contributed by atoms with Gasteiger partial charge in [-0.2, -0.15) is 5.10 Å². The van der Waals surface area contributed by atoms with E-state index in [9.17, 15) is 28.4 Å². The summed E-state index contributed by atoms with van der Waals surface area (Å²) in [6, 6.07) is 8.07. The van der Waals surface area contributed by atoms with E-state index < -0.39 is 35.5 Å². The van der Waals surface area contributed by atoms with Crippen LogP contribution < -0.4 is 21.1 Å². The monoisotopic (exact) mass is 762 g/mol. The van der Waals surface area contributed by atoms with Gasteiger partial charge in [0.05, 0.1) is 41.5 Å². The number of amides is 5. The van der Waals surface area contributed by atoms with Crippen molar-refractivity contribution < 1.29 is 33.1 Å². The van der Waals surface area contributed by atoms with Crippen LogP contribution in [0.5, 0.6) is 5.75 Å². The summed E-state index contributed by atoms with van der Waals surface area (Å²) < 4.78 is 21.6. The van der Waals surface area contributed by atoms with Crippen molar-refractivity contribution in [3.8, 4) is 16.9 Å². The second-order valence-electron chi connectivity index (χ2n) is 12.9. The van der Waals surface area contributed by atoms with Crippen LogP contribution in [-0.4, -0.2) is 86.4 Å². The lowest BCUT2D eigenvalue weighted by molar-refractivity contribution is -0.136. The molecule has 0 bridgehead atoms. The first-order valence-corrected chi connectivity index (χ1v) is 17.7. The topological polar surface area (TPSA) is 182 Å². The normalized spacial score (nSPS) is 17.6. The second kappa shape index (κ2) is 14.8. The number of aromatic nitrogens is 3. The number of likely N-dealkylation sites (tertiary alicyclic amines) is 1. The second-order valence-corrected chi connectivity index (χ2v) is 13.7. The molecule has 14 nitrogen and oxygen atoms in total. The number of carbonyl (C=O) groups excluding carboxylic acids is 5. The van der Waals surface area contributed by atoms with Gasteiger partial charge in [-0.3, -0.25) is 38.9 Å². The molecular weight excluding hydrogens is 730 g/mol. The van der Waals surface area contributed by atoms with Gasteiger partial charge in [0.2, 0.25) is 17.7 Å². The molecule has 2 fully saturated rings. The molecule has 0 aliphatic carbocycles. The van der Waals surface area contributed by atoms with Crippen molar-refractivity contribution >= 4 is 64.2 Å². The van der Waals surface area contributed by atoms with E-state index in [1.165, 1.54) is 18.2 Å². The Balaban J connectivity index is 0.930. The van der Waals surface area contributed by atoms with Crippen LogP contribution in [0.1, 0.15) is 58.0 Å². The summed E-state index contributed by atoms with van der Waals surface area (Å²) in [4.78, 5) is 70.7. The Kier molecular flexibility index (Phi) is 10.0. The van der Waals surface area contributed by atoms with E-state index >= 15 is 0 Å². The smallest absolute Gasteiger partial charge is 0.264 e. The number of anilines is 2. The molecule has 0 saturated carbocycles. The van der Waals surface area contributed by atoms with E-state index in [4.69, 9.17) is 33.7 Å². The average Bonchev–Trinajstić information content (AvgIpc) is 3.74. The molecule has 7 rings (SSSR count). The summed E-state index contributed by atoms with van der Waals surface area (Å²) in [7, 11) is 0. The zero-order valence-corrected chi connectivity index (χ0v) is 29.6. The molecule has 0 radical (unpaired) electrons. The van der Waals surface area contributed by atoms with Gasteiger partial charge in [0.1, 0.15) is 11.9 Å². The Bertz CT molecular complexity index is 2150. The first-order valence-electron chi connectivity index (χ1n) is 16.9. The summed E-state index contributed by atoms with van der Waals surface area (Å²) in [5.74, 6) is -2.61. The van der Waals surface area contributed by atoms with Crippen LogP contribution in [-0.2, 0) is 20.8 Å². The Morgan fingerprint density at radius 3 is 2.60 bits per heavy atom. The molecule has 274 valence electrons. The number of halogens is 3. The zero-order chi connectivity index (χ0) is 37.4. The van der Waals surface area contributed by atoms with Crippen LogP contribution in [0.3, 0.4) is 0 Å². The molecule has 3 aliphatic rings. The van der Waals surface area contributed by atoms with Gasteiger partial charge >= 0.3 is 0 Å². The van der Waals surface area contributed by atoms with Crippen LogP contribution in [0, 0.1) is 5.82 Å². The number of hydrogen-bond donors (Lipinski definition) is 3. The number of benzene rings is 2. The van der Waals surface area contributed by atoms with Crippen molar-refractivity contribution in [2.75, 3.05) is 37.3 Å². The van der Waals surface area contributed by atoms with Crippen LogP contribution in [0.2, 0.25) is 10.0 Å². The molecule has 1 atom stereocenters. The van der Waals surface area contributed by atoms with E-state index in [1.807, 2.05) is 10.9 Å². The Labute approximate surface area is 312 Å². The first kappa shape index (κ1) is 35.8. The molecule has 17 heteroatoms. The Hall–Kier alpha value is -5.54. The highest BCUT2D eigenvalue weighted by atomic mass is 35.5. The Morgan fingerprint density at radius 1 is 1.04 bits per heavy atom. The van der Waals surface area contributed by atoms with Gasteiger partial charge in [0.15, 0.2) is 11.6 Å². The highest BCUT2D eigenvalue weighted by molar-refractivity contribution is 6.36. The maximum atomic E-state index is 13.9. The minimum Gasteiger partial charge on any atom is -0.489 e. The number of nitrogen functional groups attached to an aromatic ring is 1. The molecule has 4 aromatic rings. The number of ether oxygens (including phenoxy) is 1. The summed E-state index contributed by atoms with van der Waals surface area (Å²) in [6.45, 7) is 0.992. The maximum Gasteiger partial charge on any atom is 0.264 e. The lowest BCUT2D eigenvalue weighted by atomic mass is 10.0. The lowest BCUT2D eigenvalue weighted by Crippen LogP contribution is -2.54. The van der Waals surface area contributed by atoms with Gasteiger partial charge in [-0.05, 0) is 55.2 Å². The van der Waals surface area contributed by atoms with E-state index in [2.05, 4.69) is 20.7 Å². The van der Waals surface area contributed by atoms with Gasteiger partial charge in [-0.15, -0.1) is 0 Å². The fourth-order valence-electron chi connectivity index (χ4n) is 6.80. The van der Waals surface area contributed by atoms with Crippen molar-refractivity contribution in [1.29, 1.82) is 0 Å². The van der Waals surface area contributed by atoms with Gasteiger partial charge in [0.25, 0.3) is 11.8 Å². The number of pyridine rings is 1. The van der Waals surface area contributed by atoms with Crippen molar-refractivity contribution in [2.45, 2.75) is 44.2 Å². The molecule has 2 aromatic heterocycles. The largest absolute Gasteiger partial charge is 0.489 e. The maximum absolute atomic E-state index is 13.9. The molecule has 5 heterocycles. The summed E-state index contributed by atoms with van der Waals surface area (Å²) in [5, 5.41) is 10.1. The number of nitrogens with two attached hydrogens (primary N) is 1. The van der Waals surface area contributed by atoms with Crippen molar-refractivity contribution in [1.82, 2.24) is 29.9 Å². The van der Waals surface area contributed by atoms with Gasteiger partial charge in [0, 0.05) is 60.2 Å². The molecular formula is C36H33Cl2FN8O6. The molecule has 0 unspecified atom stereocenters. The number of piperidine rings is 2. The Morgan fingerprint density at radius 2 is 1.83 bits per heavy atom. The summed E-state index contributed by atoms with van der Waals surface area (Å²) in [6.07, 6.45) is 6.88. The van der Waals surface area contributed by atoms with E-state index in [0.717, 1.165) is 16.0 Å². The molecule has 3 aliphatic heterocycles. The standard InChI is InChI=1S/C36H33Cl2FN8O6/c37-24-4-5-25(39)32(38)22(24)10-13-53-28-14-19(15-42-33(28)40)20-16-43-46(18-20)21-8-11-45(12-9-21)30(49)17-41-26-3-1-2-23-31(26)36(52)47(35(23)51)27-6-7-29(48)44-34(27)50/h1-5,14-16,18,21,27,41H,6-13,17H2,(H2,40,42)(H,44,48,50)/t27-/m1/s1. The van der Waals surface area contributed by atoms with Crippen molar-refractivity contribution in [3.63, 3.8) is 0 Å². The number of nitrogens with one attached hydrogen (secondary N) is 2. The molecule has 53 heavy (non-hydrogen) atoms. The van der Waals surface area contributed by atoms with Crippen LogP contribution in [0.4, 0.5) is 15.9 Å². The third kappa shape index (κ3) is 7.13. The van der Waals surface area contributed by atoms with Gasteiger partial charge in [-0.25, -0.2) is 9.37 Å². The zero-order valence-electron chi connectivity index (χ0n) is 28.1. The predicted octanol–water partition coefficient (Wildman–Crippen LogP) is 4.27. The third-order valence-corrected chi connectivity index (χ3v) is 10.4. The molecule has 2 aromatic carbocycles. The number of hydrogen-bond acceptors (Lipinski definition) is 10. The summed E-state index contributed by atoms with van der Waals surface area (Å²) in [5.41, 5.74) is 8.57. The fraction of sp³-hybridized carbons (Fsp3) is 0.306. The number of rotatable bonds is 10. The average molecular weight is 764 g/mol. The predicted molar refractivity (Wildman–Crippen MR) is 192 cm³/mol. The fourth-order valence-corrected chi connectivity index (χ4v) is 7.36. The van der Waals surface area contributed by atoms with Crippen molar-refractivity contribution in [3.05, 3.63) is 87.5 Å². The van der Waals surface area contributed by atoms with Crippen LogP contribution in [0.15, 0.2) is 55.0 Å². The van der Waals surface area contributed by atoms with Crippen molar-refractivity contribution in [2.24, 2.45) is 0 Å². The van der Waals surface area contributed by atoms with Gasteiger partial charge in [-0.1, -0.05) is 29.3 Å². The molecule has 4 N–H and O–H groups in total. The van der Waals surface area contributed by atoms with Gasteiger partial charge < -0.3 is 20.7 Å². The van der Waals surface area contributed by atoms with E-state index in [1.54, 1.807) is 35.5 Å². The van der Waals surface area contributed by atoms with E-state index in [0.29, 0.717) is 48.0 Å². The molecule has 0 spiro atoms. The lowest BCUT2D eigenvalue weighted by Gasteiger charge is -2.32. The van der Waals surface area contributed by atoms with Crippen LogP contribution >= 0.6 is 23.2 Å². The molecule has 5 amide bonds. The minimum absolute atomic E-state index is 0.0205. The highest BCUT2D eigenvalue weighted by Gasteiger charge is 2.45. The number of nitrogens with zero attached hydrogens (tertiary/aromatic N) is 5. The minimum atomic E-state index is -1.08. The van der Waals surface area contributed by atoms with Crippen LogP contribution in [0.25, 0.3) is 11.1 Å². The van der Waals surface area contributed by atoms with E-state index in [-0.39, 0.29) is 66.3 Å². The quantitative estimate of drug-likeness (QED) is 0.156. The molecule has 2 saturated heterocycles. The number of carbonyl (C=O) groups is 5. The number of imide groups is 2. The third-order valence-electron chi connectivity index (χ3n) is 9.65. The SMILES string of the molecule is Nc1ncc(-c2cnn(C3CCN(C(=O)CNc4cccc5c4C(=O)N([C@@H]4CCC(=O)NC4=O)C5=O)CC3)c2)cc1OCCc1c(Cl)ccc(F)c1Cl. The highest BCUT2D eigenvalue weighted by Crippen LogP contribution is 2.34. The number of fused-ring (bicyclic) bond motifs is 1. The first-order chi connectivity index (χ1) is 25.5. The summed E-state index contributed by atoms with van der Waals surface area (Å²) >= 11 is 12.3.